The number of aromatic amines is 1. The summed E-state index contributed by atoms with van der Waals surface area (Å²) in [5, 5.41) is 10.3. The lowest BCUT2D eigenvalue weighted by Crippen LogP contribution is -2.45. The zero-order chi connectivity index (χ0) is 30.0. The first-order chi connectivity index (χ1) is 19.8. The van der Waals surface area contributed by atoms with E-state index in [1.54, 1.807) is 18.2 Å². The summed E-state index contributed by atoms with van der Waals surface area (Å²) >= 11 is 0. The van der Waals surface area contributed by atoms with Crippen molar-refractivity contribution in [3.05, 3.63) is 64.6 Å². The van der Waals surface area contributed by atoms with Crippen LogP contribution in [0.4, 0.5) is 17.1 Å². The molecular formula is C27H19F4N5O5S. The Morgan fingerprint density at radius 3 is 2.57 bits per heavy atom. The molecule has 1 aliphatic rings. The minimum absolute atomic E-state index is 0.0315. The Hall–Kier alpha value is -4.68. The van der Waals surface area contributed by atoms with Crippen molar-refractivity contribution >= 4 is 43.3 Å². The maximum Gasteiger partial charge on any atom is 0.488 e. The molecule has 10 nitrogen and oxygen atoms in total. The highest BCUT2D eigenvalue weighted by molar-refractivity contribution is 7.81. The minimum Gasteiger partial charge on any atom is -0.483 e. The summed E-state index contributed by atoms with van der Waals surface area (Å²) in [6, 6.07) is 10.5. The minimum atomic E-state index is -5.41. The van der Waals surface area contributed by atoms with E-state index in [9.17, 15) is 35.5 Å². The molecule has 42 heavy (non-hydrogen) atoms. The molecule has 15 heteroatoms. The fourth-order valence-corrected chi connectivity index (χ4v) is 5.63. The van der Waals surface area contributed by atoms with Crippen LogP contribution in [-0.2, 0) is 10.5 Å². The second-order valence-electron chi connectivity index (χ2n) is 9.95. The smallest absolute Gasteiger partial charge is 0.483 e. The van der Waals surface area contributed by atoms with Gasteiger partial charge in [0.2, 0.25) is 0 Å². The highest BCUT2D eigenvalue weighted by Crippen LogP contribution is 2.39. The van der Waals surface area contributed by atoms with Gasteiger partial charge < -0.3 is 23.4 Å². The molecule has 216 valence electrons. The number of nitrogens with zero attached hydrogens (tertiary/aromatic N) is 4. The molecule has 5 aromatic rings. The number of rotatable bonds is 6. The van der Waals surface area contributed by atoms with Crippen LogP contribution in [0.15, 0.2) is 53.6 Å². The Kier molecular flexibility index (Phi) is 6.35. The van der Waals surface area contributed by atoms with Crippen LogP contribution in [0.2, 0.25) is 0 Å². The second-order valence-corrected chi connectivity index (χ2v) is 10.9. The second kappa shape index (κ2) is 9.71. The highest BCUT2D eigenvalue weighted by Gasteiger charge is 2.32. The van der Waals surface area contributed by atoms with Gasteiger partial charge in [-0.3, -0.25) is 9.78 Å². The Morgan fingerprint density at radius 2 is 1.90 bits per heavy atom. The molecule has 1 saturated heterocycles. The average molecular weight is 602 g/mol. The van der Waals surface area contributed by atoms with Gasteiger partial charge in [-0.1, -0.05) is 9.95 Å². The number of H-pyrrole nitrogens is 1. The van der Waals surface area contributed by atoms with Crippen molar-refractivity contribution in [3.63, 3.8) is 0 Å². The lowest BCUT2D eigenvalue weighted by molar-refractivity contribution is -0.153. The fourth-order valence-electron chi connectivity index (χ4n) is 5.31. The molecule has 3 aromatic heterocycles. The molecule has 0 atom stereocenters. The number of nitriles is 1. The number of halogens is 4. The topological polar surface area (TPSA) is 130 Å². The lowest BCUT2D eigenvalue weighted by Gasteiger charge is -2.39. The summed E-state index contributed by atoms with van der Waals surface area (Å²) in [5.41, 5.74) is 1.34. The van der Waals surface area contributed by atoms with E-state index in [1.165, 1.54) is 18.3 Å². The normalized spacial score (nSPS) is 14.8. The molecule has 1 fully saturated rings. The number of nitrogens with one attached hydrogen (secondary N) is 1. The van der Waals surface area contributed by atoms with E-state index in [0.29, 0.717) is 46.1 Å². The fraction of sp³-hybridized carbons (Fsp3) is 0.222. The summed E-state index contributed by atoms with van der Waals surface area (Å²) in [7, 11) is -3.50. The Morgan fingerprint density at radius 1 is 1.14 bits per heavy atom. The average Bonchev–Trinajstić information content (AvgIpc) is 3.28. The Bertz CT molecular complexity index is 2110. The van der Waals surface area contributed by atoms with E-state index in [0.717, 1.165) is 12.3 Å². The predicted octanol–water partition coefficient (Wildman–Crippen LogP) is 4.59. The van der Waals surface area contributed by atoms with E-state index < -0.39 is 34.5 Å². The van der Waals surface area contributed by atoms with E-state index in [-0.39, 0.29) is 28.3 Å². The van der Waals surface area contributed by atoms with Crippen LogP contribution in [-0.4, -0.2) is 60.8 Å². The molecule has 0 saturated carbocycles. The predicted molar refractivity (Wildman–Crippen MR) is 144 cm³/mol. The maximum atomic E-state index is 13.9. The van der Waals surface area contributed by atoms with Crippen LogP contribution in [0.1, 0.15) is 11.6 Å². The zero-order valence-electron chi connectivity index (χ0n) is 21.6. The maximum absolute atomic E-state index is 13.9. The third kappa shape index (κ3) is 4.99. The summed E-state index contributed by atoms with van der Waals surface area (Å²) in [6.45, 7) is -0.471. The molecule has 0 amide bonds. The third-order valence-corrected chi connectivity index (χ3v) is 7.39. The van der Waals surface area contributed by atoms with Crippen molar-refractivity contribution in [2.45, 2.75) is 12.2 Å². The van der Waals surface area contributed by atoms with Gasteiger partial charge >= 0.3 is 16.7 Å². The van der Waals surface area contributed by atoms with E-state index >= 15 is 0 Å². The van der Waals surface area contributed by atoms with E-state index in [1.807, 2.05) is 16.5 Å². The van der Waals surface area contributed by atoms with Crippen LogP contribution >= 0.6 is 0 Å². The summed E-state index contributed by atoms with van der Waals surface area (Å²) in [5.74, 6) is -0.851. The van der Waals surface area contributed by atoms with Gasteiger partial charge in [-0.25, -0.2) is 0 Å². The van der Waals surface area contributed by atoms with Crippen molar-refractivity contribution in [1.29, 1.82) is 5.26 Å². The number of likely N-dealkylation sites (N-methyl/N-ethyl adjacent to an activating group) is 1. The van der Waals surface area contributed by atoms with Gasteiger partial charge in [-0.15, -0.1) is 0 Å². The Balaban J connectivity index is 1.68. The largest absolute Gasteiger partial charge is 0.488 e. The van der Waals surface area contributed by atoms with Gasteiger partial charge in [-0.05, 0) is 37.4 Å². The molecular weight excluding hydrogens is 582 g/mol. The van der Waals surface area contributed by atoms with Crippen LogP contribution in [0.25, 0.3) is 44.0 Å². The summed E-state index contributed by atoms with van der Waals surface area (Å²) in [6.07, 6.45) is -2.58. The number of hydrogen-bond acceptors (Lipinski definition) is 8. The first-order valence-corrected chi connectivity index (χ1v) is 13.7. The van der Waals surface area contributed by atoms with Crippen LogP contribution in [0, 0.1) is 11.3 Å². The molecule has 1 aliphatic heterocycles. The number of alkyl halides is 3. The quantitative estimate of drug-likeness (QED) is 0.221. The zero-order valence-corrected chi connectivity index (χ0v) is 22.4. The van der Waals surface area contributed by atoms with Gasteiger partial charge in [0.15, 0.2) is 17.8 Å². The first-order valence-electron chi connectivity index (χ1n) is 12.4. The molecule has 1 N–H and O–H groups in total. The van der Waals surface area contributed by atoms with Crippen molar-refractivity contribution in [2.75, 3.05) is 26.7 Å². The molecule has 0 bridgehead atoms. The number of fused-ring (bicyclic) bond motifs is 4. The molecule has 6 rings (SSSR count). The van der Waals surface area contributed by atoms with E-state index in [2.05, 4.69) is 20.2 Å². The van der Waals surface area contributed by atoms with Gasteiger partial charge in [0.05, 0.1) is 40.2 Å². The molecule has 0 aliphatic carbocycles. The standard InChI is InChI=1S/C27H19F4N5O5S/c1-35-11-16(12-35)36-22-6-19(15-5-17(10-33-9-15)41-42(31,38)39)23(40-13-27(28,29)30)7-20(22)25(37)24-18-3-2-14(8-32)4-21(18)34-26(24)36/h2-7,9-10,16,34H,11-13H2,1H3. The number of pyridine rings is 2. The first kappa shape index (κ1) is 27.5. The van der Waals surface area contributed by atoms with Crippen LogP contribution in [0.3, 0.4) is 0 Å². The number of aromatic nitrogens is 3. The molecule has 0 radical (unpaired) electrons. The Labute approximate surface area is 234 Å². The van der Waals surface area contributed by atoms with E-state index in [4.69, 9.17) is 4.74 Å². The lowest BCUT2D eigenvalue weighted by atomic mass is 10.00. The number of ether oxygens (including phenoxy) is 1. The molecule has 2 aromatic carbocycles. The van der Waals surface area contributed by atoms with Gasteiger partial charge in [0.25, 0.3) is 0 Å². The van der Waals surface area contributed by atoms with Gasteiger partial charge in [-0.2, -0.15) is 26.9 Å². The SMILES string of the molecule is CN1CC(n2c3cc(-c4cncc(OS(=O)(=O)F)c4)c(OCC(F)(F)F)cc3c(=O)c3c4ccc(C#N)cc4[nH]c32)C1. The van der Waals surface area contributed by atoms with Crippen molar-refractivity contribution in [3.8, 4) is 28.7 Å². The number of hydrogen-bond donors (Lipinski definition) is 1. The van der Waals surface area contributed by atoms with Crippen LogP contribution < -0.4 is 14.3 Å². The molecule has 0 unspecified atom stereocenters. The summed E-state index contributed by atoms with van der Waals surface area (Å²) < 4.78 is 86.2. The molecule has 4 heterocycles. The van der Waals surface area contributed by atoms with Crippen molar-refractivity contribution in [2.24, 2.45) is 0 Å². The van der Waals surface area contributed by atoms with Crippen LogP contribution in [0.5, 0.6) is 11.5 Å². The van der Waals surface area contributed by atoms with Crippen molar-refractivity contribution < 1.29 is 34.4 Å². The number of benzene rings is 2. The molecule has 0 spiro atoms. The van der Waals surface area contributed by atoms with Gasteiger partial charge in [0, 0.05) is 41.3 Å². The van der Waals surface area contributed by atoms with Gasteiger partial charge in [0.1, 0.15) is 11.4 Å². The monoisotopic (exact) mass is 601 g/mol. The summed E-state index contributed by atoms with van der Waals surface area (Å²) in [4.78, 5) is 23.1. The van der Waals surface area contributed by atoms with Crippen molar-refractivity contribution in [1.82, 2.24) is 19.4 Å². The third-order valence-electron chi connectivity index (χ3n) is 7.00. The highest BCUT2D eigenvalue weighted by atomic mass is 32.3. The number of likely N-dealkylation sites (tertiary alicyclic amines) is 1.